The van der Waals surface area contributed by atoms with E-state index in [1.165, 1.54) is 11.3 Å². The number of benzene rings is 2. The molecule has 126 valence electrons. The first-order chi connectivity index (χ1) is 12.1. The van der Waals surface area contributed by atoms with Crippen LogP contribution in [0.3, 0.4) is 0 Å². The molecule has 0 bridgehead atoms. The predicted octanol–water partition coefficient (Wildman–Crippen LogP) is 4.35. The average molecular weight is 350 g/mol. The van der Waals surface area contributed by atoms with Gasteiger partial charge < -0.3 is 10.6 Å². The third-order valence-electron chi connectivity index (χ3n) is 4.35. The number of fused-ring (bicyclic) bond motifs is 1. The summed E-state index contributed by atoms with van der Waals surface area (Å²) in [6, 6.07) is 15.4. The molecule has 1 saturated carbocycles. The van der Waals surface area contributed by atoms with Gasteiger partial charge in [0.1, 0.15) is 0 Å². The van der Waals surface area contributed by atoms with Gasteiger partial charge in [-0.05, 0) is 55.0 Å². The van der Waals surface area contributed by atoms with Crippen LogP contribution in [0.5, 0.6) is 0 Å². The summed E-state index contributed by atoms with van der Waals surface area (Å²) in [4.78, 5) is 25.5. The van der Waals surface area contributed by atoms with Gasteiger partial charge in [0.15, 0.2) is 0 Å². The number of hydrogen-bond acceptors (Lipinski definition) is 3. The Kier molecular flexibility index (Phi) is 4.01. The van der Waals surface area contributed by atoms with Crippen molar-refractivity contribution in [2.45, 2.75) is 25.8 Å². The van der Waals surface area contributed by atoms with Crippen LogP contribution in [-0.4, -0.2) is 17.9 Å². The van der Waals surface area contributed by atoms with Crippen LogP contribution >= 0.6 is 11.3 Å². The first kappa shape index (κ1) is 15.8. The molecule has 5 heteroatoms. The molecule has 4 nitrogen and oxygen atoms in total. The van der Waals surface area contributed by atoms with E-state index in [0.717, 1.165) is 28.5 Å². The number of rotatable bonds is 4. The number of nitrogens with one attached hydrogen (secondary N) is 2. The zero-order chi connectivity index (χ0) is 17.4. The molecular weight excluding hydrogens is 332 g/mol. The van der Waals surface area contributed by atoms with Crippen LogP contribution in [-0.2, 0) is 0 Å². The first-order valence-electron chi connectivity index (χ1n) is 8.32. The molecule has 1 heterocycles. The van der Waals surface area contributed by atoms with Gasteiger partial charge in [-0.2, -0.15) is 0 Å². The Balaban J connectivity index is 1.55. The number of aryl methyl sites for hydroxylation is 1. The van der Waals surface area contributed by atoms with Crippen molar-refractivity contribution in [1.82, 2.24) is 5.32 Å². The molecule has 0 saturated heterocycles. The van der Waals surface area contributed by atoms with E-state index in [4.69, 9.17) is 0 Å². The van der Waals surface area contributed by atoms with Crippen molar-refractivity contribution in [2.75, 3.05) is 5.32 Å². The van der Waals surface area contributed by atoms with Gasteiger partial charge in [0.25, 0.3) is 11.8 Å². The zero-order valence-corrected chi connectivity index (χ0v) is 14.7. The zero-order valence-electron chi connectivity index (χ0n) is 13.8. The van der Waals surface area contributed by atoms with Crippen LogP contribution in [0, 0.1) is 6.92 Å². The maximum Gasteiger partial charge on any atom is 0.266 e. The van der Waals surface area contributed by atoms with Crippen LogP contribution in [0.15, 0.2) is 48.5 Å². The van der Waals surface area contributed by atoms with Gasteiger partial charge in [-0.25, -0.2) is 0 Å². The Hall–Kier alpha value is -2.66. The Morgan fingerprint density at radius 3 is 2.60 bits per heavy atom. The Morgan fingerprint density at radius 1 is 1.04 bits per heavy atom. The fourth-order valence-electron chi connectivity index (χ4n) is 2.81. The smallest absolute Gasteiger partial charge is 0.266 e. The van der Waals surface area contributed by atoms with Gasteiger partial charge in [0, 0.05) is 22.0 Å². The molecule has 0 aliphatic heterocycles. The average Bonchev–Trinajstić information content (AvgIpc) is 3.37. The topological polar surface area (TPSA) is 58.2 Å². The lowest BCUT2D eigenvalue weighted by molar-refractivity contribution is 0.0949. The van der Waals surface area contributed by atoms with Crippen molar-refractivity contribution in [3.8, 4) is 0 Å². The van der Waals surface area contributed by atoms with Gasteiger partial charge >= 0.3 is 0 Å². The summed E-state index contributed by atoms with van der Waals surface area (Å²) in [6.45, 7) is 1.97. The van der Waals surface area contributed by atoms with E-state index in [1.54, 1.807) is 24.3 Å². The standard InChI is InChI=1S/C20H18N2O2S/c1-12-16-7-2-3-8-17(16)25-18(12)20(24)22-15-6-4-5-13(11-15)19(23)21-14-9-10-14/h2-8,11,14H,9-10H2,1H3,(H,21,23)(H,22,24). The van der Waals surface area contributed by atoms with Gasteiger partial charge in [-0.15, -0.1) is 11.3 Å². The van der Waals surface area contributed by atoms with Crippen LogP contribution in [0.2, 0.25) is 0 Å². The summed E-state index contributed by atoms with van der Waals surface area (Å²) in [7, 11) is 0. The molecule has 0 unspecified atom stereocenters. The number of carbonyl (C=O) groups is 2. The fraction of sp³-hybridized carbons (Fsp3) is 0.200. The minimum absolute atomic E-state index is 0.0864. The summed E-state index contributed by atoms with van der Waals surface area (Å²) in [5.74, 6) is -0.227. The molecule has 0 spiro atoms. The minimum Gasteiger partial charge on any atom is -0.349 e. The second-order valence-corrected chi connectivity index (χ2v) is 7.39. The van der Waals surface area contributed by atoms with E-state index < -0.39 is 0 Å². The van der Waals surface area contributed by atoms with Crippen LogP contribution in [0.1, 0.15) is 38.4 Å². The van der Waals surface area contributed by atoms with E-state index in [2.05, 4.69) is 10.6 Å². The summed E-state index contributed by atoms with van der Waals surface area (Å²) in [6.07, 6.45) is 2.10. The molecule has 2 N–H and O–H groups in total. The molecule has 1 fully saturated rings. The van der Waals surface area contributed by atoms with Crippen molar-refractivity contribution < 1.29 is 9.59 Å². The Morgan fingerprint density at radius 2 is 1.84 bits per heavy atom. The molecule has 0 atom stereocenters. The van der Waals surface area contributed by atoms with Gasteiger partial charge in [0.2, 0.25) is 0 Å². The molecule has 0 radical (unpaired) electrons. The molecular formula is C20H18N2O2S. The summed E-state index contributed by atoms with van der Waals surface area (Å²) in [5.41, 5.74) is 2.18. The molecule has 3 aromatic rings. The van der Waals surface area contributed by atoms with Crippen molar-refractivity contribution in [3.63, 3.8) is 0 Å². The molecule has 2 aromatic carbocycles. The van der Waals surface area contributed by atoms with E-state index in [-0.39, 0.29) is 11.8 Å². The van der Waals surface area contributed by atoms with Crippen LogP contribution in [0.4, 0.5) is 5.69 Å². The van der Waals surface area contributed by atoms with Gasteiger partial charge in [-0.1, -0.05) is 24.3 Å². The number of amides is 2. The van der Waals surface area contributed by atoms with Gasteiger partial charge in [-0.3, -0.25) is 9.59 Å². The van der Waals surface area contributed by atoms with Crippen LogP contribution < -0.4 is 10.6 Å². The molecule has 25 heavy (non-hydrogen) atoms. The quantitative estimate of drug-likeness (QED) is 0.735. The second kappa shape index (κ2) is 6.33. The lowest BCUT2D eigenvalue weighted by atomic mass is 10.1. The van der Waals surface area contributed by atoms with E-state index in [1.807, 2.05) is 31.2 Å². The molecule has 2 amide bonds. The molecule has 4 rings (SSSR count). The summed E-state index contributed by atoms with van der Waals surface area (Å²) >= 11 is 1.49. The molecule has 1 aliphatic rings. The predicted molar refractivity (Wildman–Crippen MR) is 101 cm³/mol. The lowest BCUT2D eigenvalue weighted by Gasteiger charge is -2.08. The minimum atomic E-state index is -0.140. The number of hydrogen-bond donors (Lipinski definition) is 2. The van der Waals surface area contributed by atoms with Crippen molar-refractivity contribution in [1.29, 1.82) is 0 Å². The number of thiophene rings is 1. The fourth-order valence-corrected chi connectivity index (χ4v) is 3.92. The van der Waals surface area contributed by atoms with E-state index >= 15 is 0 Å². The van der Waals surface area contributed by atoms with Crippen molar-refractivity contribution >= 4 is 38.9 Å². The maximum atomic E-state index is 12.7. The number of carbonyl (C=O) groups excluding carboxylic acids is 2. The Labute approximate surface area is 149 Å². The third kappa shape index (κ3) is 3.28. The maximum absolute atomic E-state index is 12.7. The highest BCUT2D eigenvalue weighted by Crippen LogP contribution is 2.31. The molecule has 1 aromatic heterocycles. The van der Waals surface area contributed by atoms with E-state index in [9.17, 15) is 9.59 Å². The highest BCUT2D eigenvalue weighted by atomic mass is 32.1. The highest BCUT2D eigenvalue weighted by molar-refractivity contribution is 7.21. The monoisotopic (exact) mass is 350 g/mol. The molecule has 1 aliphatic carbocycles. The highest BCUT2D eigenvalue weighted by Gasteiger charge is 2.24. The summed E-state index contributed by atoms with van der Waals surface area (Å²) < 4.78 is 1.10. The Bertz CT molecular complexity index is 973. The lowest BCUT2D eigenvalue weighted by Crippen LogP contribution is -2.25. The first-order valence-corrected chi connectivity index (χ1v) is 9.14. The van der Waals surface area contributed by atoms with Crippen molar-refractivity contribution in [2.24, 2.45) is 0 Å². The van der Waals surface area contributed by atoms with E-state index in [0.29, 0.717) is 22.2 Å². The van der Waals surface area contributed by atoms with Crippen LogP contribution in [0.25, 0.3) is 10.1 Å². The second-order valence-electron chi connectivity index (χ2n) is 6.34. The summed E-state index contributed by atoms with van der Waals surface area (Å²) in [5, 5.41) is 6.98. The normalized spacial score (nSPS) is 13.6. The third-order valence-corrected chi connectivity index (χ3v) is 5.62. The number of anilines is 1. The van der Waals surface area contributed by atoms with Crippen molar-refractivity contribution in [3.05, 3.63) is 64.5 Å². The van der Waals surface area contributed by atoms with Gasteiger partial charge in [0.05, 0.1) is 4.88 Å². The largest absolute Gasteiger partial charge is 0.349 e. The SMILES string of the molecule is Cc1c(C(=O)Nc2cccc(C(=O)NC3CC3)c2)sc2ccccc12.